The Balaban J connectivity index is 1.43. The highest BCUT2D eigenvalue weighted by Crippen LogP contribution is 2.36. The first-order valence-electron chi connectivity index (χ1n) is 13.4. The Bertz CT molecular complexity index is 2040. The van der Waals surface area contributed by atoms with Crippen molar-refractivity contribution in [3.63, 3.8) is 0 Å². The van der Waals surface area contributed by atoms with E-state index in [9.17, 15) is 0 Å². The third-order valence-corrected chi connectivity index (χ3v) is 7.57. The van der Waals surface area contributed by atoms with Crippen LogP contribution in [-0.2, 0) is 0 Å². The second kappa shape index (κ2) is 9.07. The van der Waals surface area contributed by atoms with Crippen molar-refractivity contribution >= 4 is 32.7 Å². The third kappa shape index (κ3) is 3.54. The van der Waals surface area contributed by atoms with Crippen LogP contribution in [0, 0.1) is 0 Å². The lowest BCUT2D eigenvalue weighted by molar-refractivity contribution is 1.01. The van der Waals surface area contributed by atoms with E-state index >= 15 is 0 Å². The number of hydrogen-bond acceptors (Lipinski definition) is 2. The molecule has 0 aliphatic rings. The number of fused-ring (bicyclic) bond motifs is 4. The Kier molecular flexibility index (Phi) is 5.10. The molecule has 0 fully saturated rings. The molecular formula is C36H24N4. The quantitative estimate of drug-likeness (QED) is 0.236. The largest absolute Gasteiger partial charge is 0.307 e. The first-order valence-corrected chi connectivity index (χ1v) is 13.4. The van der Waals surface area contributed by atoms with Crippen LogP contribution in [0.15, 0.2) is 146 Å². The maximum atomic E-state index is 5.11. The van der Waals surface area contributed by atoms with Crippen LogP contribution in [0.4, 0.5) is 0 Å². The van der Waals surface area contributed by atoms with Crippen LogP contribution in [-0.4, -0.2) is 19.1 Å². The van der Waals surface area contributed by atoms with Gasteiger partial charge in [0.2, 0.25) is 0 Å². The Morgan fingerprint density at radius 3 is 1.62 bits per heavy atom. The SMILES string of the molecule is c1ccc(-c2cc(-n3cc(-n4c5ccccc5c5ccccc54)c4ccccc43)nc(-c3ccccc3)n2)cc1. The highest BCUT2D eigenvalue weighted by molar-refractivity contribution is 6.10. The van der Waals surface area contributed by atoms with Gasteiger partial charge in [-0.1, -0.05) is 115 Å². The molecule has 4 nitrogen and oxygen atoms in total. The van der Waals surface area contributed by atoms with Gasteiger partial charge in [0.05, 0.1) is 27.9 Å². The first-order chi connectivity index (χ1) is 19.8. The summed E-state index contributed by atoms with van der Waals surface area (Å²) >= 11 is 0. The van der Waals surface area contributed by atoms with Gasteiger partial charge in [0, 0.05) is 39.5 Å². The molecule has 0 aliphatic heterocycles. The summed E-state index contributed by atoms with van der Waals surface area (Å²) in [7, 11) is 0. The predicted octanol–water partition coefficient (Wildman–Crippen LogP) is 8.85. The van der Waals surface area contributed by atoms with Crippen molar-refractivity contribution < 1.29 is 0 Å². The second-order valence-corrected chi connectivity index (χ2v) is 9.94. The molecule has 0 saturated carbocycles. The van der Waals surface area contributed by atoms with Crippen molar-refractivity contribution in [2.24, 2.45) is 0 Å². The molecule has 0 spiro atoms. The van der Waals surface area contributed by atoms with Gasteiger partial charge in [-0.05, 0) is 18.2 Å². The van der Waals surface area contributed by atoms with E-state index in [1.165, 1.54) is 21.8 Å². The van der Waals surface area contributed by atoms with Gasteiger partial charge < -0.3 is 4.57 Å². The van der Waals surface area contributed by atoms with Crippen molar-refractivity contribution in [3.05, 3.63) is 146 Å². The standard InChI is InChI=1S/C36H24N4/c1-3-13-25(14-4-1)30-23-35(38-36(37-30)26-15-5-2-6-16-26)39-24-34(29-19-9-10-20-31(29)39)40-32-21-11-7-17-27(32)28-18-8-12-22-33(28)40/h1-24H. The molecule has 0 atom stereocenters. The summed E-state index contributed by atoms with van der Waals surface area (Å²) in [6.45, 7) is 0. The molecule has 8 rings (SSSR count). The highest BCUT2D eigenvalue weighted by atomic mass is 15.1. The number of hydrogen-bond donors (Lipinski definition) is 0. The van der Waals surface area contributed by atoms with Crippen molar-refractivity contribution in [1.29, 1.82) is 0 Å². The van der Waals surface area contributed by atoms with Crippen LogP contribution in [0.25, 0.3) is 66.9 Å². The van der Waals surface area contributed by atoms with Gasteiger partial charge in [0.1, 0.15) is 5.82 Å². The molecule has 0 unspecified atom stereocenters. The molecule has 5 aromatic carbocycles. The normalized spacial score (nSPS) is 11.5. The summed E-state index contributed by atoms with van der Waals surface area (Å²) in [5, 5.41) is 3.65. The van der Waals surface area contributed by atoms with Crippen LogP contribution < -0.4 is 0 Å². The van der Waals surface area contributed by atoms with Gasteiger partial charge in [-0.2, -0.15) is 0 Å². The number of para-hydroxylation sites is 3. The van der Waals surface area contributed by atoms with E-state index in [-0.39, 0.29) is 0 Å². The molecule has 0 saturated heterocycles. The zero-order valence-electron chi connectivity index (χ0n) is 21.6. The van der Waals surface area contributed by atoms with E-state index in [0.29, 0.717) is 5.82 Å². The van der Waals surface area contributed by atoms with Crippen molar-refractivity contribution in [2.75, 3.05) is 0 Å². The van der Waals surface area contributed by atoms with Gasteiger partial charge in [0.25, 0.3) is 0 Å². The fraction of sp³-hybridized carbons (Fsp3) is 0. The molecule has 8 aromatic rings. The molecule has 40 heavy (non-hydrogen) atoms. The minimum atomic E-state index is 0.702. The number of nitrogens with zero attached hydrogens (tertiary/aromatic N) is 4. The van der Waals surface area contributed by atoms with Crippen LogP contribution in [0.3, 0.4) is 0 Å². The number of rotatable bonds is 4. The van der Waals surface area contributed by atoms with E-state index in [1.807, 2.05) is 36.4 Å². The van der Waals surface area contributed by atoms with Crippen LogP contribution in [0.5, 0.6) is 0 Å². The van der Waals surface area contributed by atoms with Crippen LogP contribution >= 0.6 is 0 Å². The van der Waals surface area contributed by atoms with Crippen molar-refractivity contribution in [3.8, 4) is 34.2 Å². The fourth-order valence-corrected chi connectivity index (χ4v) is 5.74. The average Bonchev–Trinajstić information content (AvgIpc) is 3.58. The van der Waals surface area contributed by atoms with Crippen LogP contribution in [0.2, 0.25) is 0 Å². The highest BCUT2D eigenvalue weighted by Gasteiger charge is 2.18. The Morgan fingerprint density at radius 2 is 0.975 bits per heavy atom. The maximum Gasteiger partial charge on any atom is 0.162 e. The lowest BCUT2D eigenvalue weighted by atomic mass is 10.1. The first kappa shape index (κ1) is 22.5. The summed E-state index contributed by atoms with van der Waals surface area (Å²) in [5.41, 5.74) is 7.52. The van der Waals surface area contributed by atoms with Crippen molar-refractivity contribution in [1.82, 2.24) is 19.1 Å². The van der Waals surface area contributed by atoms with E-state index < -0.39 is 0 Å². The smallest absolute Gasteiger partial charge is 0.162 e. The third-order valence-electron chi connectivity index (χ3n) is 7.57. The van der Waals surface area contributed by atoms with Gasteiger partial charge in [0.15, 0.2) is 5.82 Å². The molecule has 0 amide bonds. The molecule has 0 bridgehead atoms. The Hall–Kier alpha value is -5.48. The summed E-state index contributed by atoms with van der Waals surface area (Å²) in [6.07, 6.45) is 2.22. The zero-order valence-corrected chi connectivity index (χ0v) is 21.6. The van der Waals surface area contributed by atoms with Gasteiger partial charge in [-0.25, -0.2) is 9.97 Å². The van der Waals surface area contributed by atoms with E-state index in [4.69, 9.17) is 9.97 Å². The predicted molar refractivity (Wildman–Crippen MR) is 164 cm³/mol. The molecule has 0 radical (unpaired) electrons. The van der Waals surface area contributed by atoms with Gasteiger partial charge in [-0.3, -0.25) is 4.57 Å². The maximum absolute atomic E-state index is 5.11. The number of aromatic nitrogens is 4. The molecule has 3 aromatic heterocycles. The van der Waals surface area contributed by atoms with Crippen molar-refractivity contribution in [2.45, 2.75) is 0 Å². The van der Waals surface area contributed by atoms with Gasteiger partial charge in [-0.15, -0.1) is 0 Å². The summed E-state index contributed by atoms with van der Waals surface area (Å²) in [5.74, 6) is 1.53. The molecular weight excluding hydrogens is 488 g/mol. The van der Waals surface area contributed by atoms with E-state index in [2.05, 4.69) is 118 Å². The topological polar surface area (TPSA) is 35.6 Å². The Labute approximate surface area is 231 Å². The monoisotopic (exact) mass is 512 g/mol. The summed E-state index contributed by atoms with van der Waals surface area (Å²) in [6, 6.07) is 48.4. The summed E-state index contributed by atoms with van der Waals surface area (Å²) in [4.78, 5) is 10.1. The molecule has 4 heteroatoms. The number of benzene rings is 5. The average molecular weight is 513 g/mol. The van der Waals surface area contributed by atoms with E-state index in [0.717, 1.165) is 39.2 Å². The minimum absolute atomic E-state index is 0.702. The molecule has 0 aliphatic carbocycles. The minimum Gasteiger partial charge on any atom is -0.307 e. The lowest BCUT2D eigenvalue weighted by Crippen LogP contribution is -2.01. The second-order valence-electron chi connectivity index (χ2n) is 9.94. The summed E-state index contributed by atoms with van der Waals surface area (Å²) < 4.78 is 4.58. The molecule has 0 N–H and O–H groups in total. The lowest BCUT2D eigenvalue weighted by Gasteiger charge is -2.11. The Morgan fingerprint density at radius 1 is 0.450 bits per heavy atom. The zero-order chi connectivity index (χ0) is 26.5. The molecule has 188 valence electrons. The molecule has 3 heterocycles. The van der Waals surface area contributed by atoms with Gasteiger partial charge >= 0.3 is 0 Å². The van der Waals surface area contributed by atoms with E-state index in [1.54, 1.807) is 0 Å². The fourth-order valence-electron chi connectivity index (χ4n) is 5.74. The van der Waals surface area contributed by atoms with Crippen LogP contribution in [0.1, 0.15) is 0 Å².